The van der Waals surface area contributed by atoms with Gasteiger partial charge in [0.1, 0.15) is 11.6 Å². The summed E-state index contributed by atoms with van der Waals surface area (Å²) in [6, 6.07) is 6.60. The van der Waals surface area contributed by atoms with Crippen LogP contribution in [0.2, 0.25) is 0 Å². The fraction of sp³-hybridized carbons (Fsp3) is 0.357. The Bertz CT molecular complexity index is 576. The normalized spacial score (nSPS) is 21.9. The van der Waals surface area contributed by atoms with E-state index in [9.17, 15) is 0 Å². The molecule has 2 aromatic rings. The minimum absolute atomic E-state index is 0.314. The number of methoxy groups -OCH3 is 1. The number of rotatable bonds is 3. The van der Waals surface area contributed by atoms with E-state index in [0.29, 0.717) is 12.0 Å². The Balaban J connectivity index is 2.03. The van der Waals surface area contributed by atoms with Gasteiger partial charge in [-0.25, -0.2) is 4.98 Å². The standard InChI is InChI=1S/C14H17N3O/c1-17-6-5-16-14(17)10-4-3-9(7-13(10)18-2)11-8-12(11)15/h3-7,11-12H,8,15H2,1-2H3. The molecular formula is C14H17N3O. The number of hydrogen-bond acceptors (Lipinski definition) is 3. The molecule has 2 unspecified atom stereocenters. The van der Waals surface area contributed by atoms with E-state index >= 15 is 0 Å². The largest absolute Gasteiger partial charge is 0.496 e. The van der Waals surface area contributed by atoms with Crippen LogP contribution in [0.3, 0.4) is 0 Å². The summed E-state index contributed by atoms with van der Waals surface area (Å²) in [5.74, 6) is 2.27. The predicted octanol–water partition coefficient (Wildman–Crippen LogP) is 1.91. The smallest absolute Gasteiger partial charge is 0.143 e. The van der Waals surface area contributed by atoms with Crippen molar-refractivity contribution in [3.05, 3.63) is 36.2 Å². The number of imidazole rings is 1. The molecule has 0 radical (unpaired) electrons. The molecule has 94 valence electrons. The molecule has 1 aromatic carbocycles. The van der Waals surface area contributed by atoms with Crippen LogP contribution in [0.1, 0.15) is 17.9 Å². The lowest BCUT2D eigenvalue weighted by molar-refractivity contribution is 0.415. The van der Waals surface area contributed by atoms with Crippen molar-refractivity contribution in [1.82, 2.24) is 9.55 Å². The molecule has 3 rings (SSSR count). The highest BCUT2D eigenvalue weighted by atomic mass is 16.5. The van der Waals surface area contributed by atoms with Crippen LogP contribution in [0.4, 0.5) is 0 Å². The maximum atomic E-state index is 5.89. The van der Waals surface area contributed by atoms with Crippen LogP contribution in [0, 0.1) is 0 Å². The molecule has 1 fully saturated rings. The Kier molecular flexibility index (Phi) is 2.59. The quantitative estimate of drug-likeness (QED) is 0.896. The van der Waals surface area contributed by atoms with Gasteiger partial charge in [-0.15, -0.1) is 0 Å². The van der Waals surface area contributed by atoms with Gasteiger partial charge in [0.15, 0.2) is 0 Å². The van der Waals surface area contributed by atoms with E-state index in [0.717, 1.165) is 23.6 Å². The first-order chi connectivity index (χ1) is 8.70. The van der Waals surface area contributed by atoms with Crippen molar-refractivity contribution in [2.24, 2.45) is 12.8 Å². The molecule has 2 N–H and O–H groups in total. The third-order valence-corrected chi connectivity index (χ3v) is 3.56. The van der Waals surface area contributed by atoms with Crippen molar-refractivity contribution >= 4 is 0 Å². The zero-order valence-corrected chi connectivity index (χ0v) is 10.6. The number of nitrogens with zero attached hydrogens (tertiary/aromatic N) is 2. The third-order valence-electron chi connectivity index (χ3n) is 3.56. The molecule has 4 heteroatoms. The molecule has 1 saturated carbocycles. The van der Waals surface area contributed by atoms with Crippen molar-refractivity contribution in [2.75, 3.05) is 7.11 Å². The SMILES string of the molecule is COc1cc(C2CC2N)ccc1-c1nccn1C. The summed E-state index contributed by atoms with van der Waals surface area (Å²) < 4.78 is 7.47. The molecule has 18 heavy (non-hydrogen) atoms. The molecule has 4 nitrogen and oxygen atoms in total. The summed E-state index contributed by atoms with van der Waals surface area (Å²) in [4.78, 5) is 4.36. The van der Waals surface area contributed by atoms with E-state index < -0.39 is 0 Å². The Morgan fingerprint density at radius 3 is 2.78 bits per heavy atom. The molecule has 0 bridgehead atoms. The number of aromatic nitrogens is 2. The third kappa shape index (κ3) is 1.78. The van der Waals surface area contributed by atoms with E-state index in [4.69, 9.17) is 10.5 Å². The molecular weight excluding hydrogens is 226 g/mol. The number of hydrogen-bond donors (Lipinski definition) is 1. The Hall–Kier alpha value is -1.81. The maximum Gasteiger partial charge on any atom is 0.143 e. The van der Waals surface area contributed by atoms with Gasteiger partial charge < -0.3 is 15.0 Å². The molecule has 0 amide bonds. The minimum Gasteiger partial charge on any atom is -0.496 e. The van der Waals surface area contributed by atoms with Gasteiger partial charge >= 0.3 is 0 Å². The van der Waals surface area contributed by atoms with E-state index in [2.05, 4.69) is 23.2 Å². The van der Waals surface area contributed by atoms with Crippen LogP contribution in [-0.4, -0.2) is 22.7 Å². The highest BCUT2D eigenvalue weighted by molar-refractivity contribution is 5.65. The van der Waals surface area contributed by atoms with Gasteiger partial charge in [-0.3, -0.25) is 0 Å². The second kappa shape index (κ2) is 4.14. The van der Waals surface area contributed by atoms with Crippen molar-refractivity contribution in [2.45, 2.75) is 18.4 Å². The topological polar surface area (TPSA) is 53.1 Å². The molecule has 0 spiro atoms. The number of ether oxygens (including phenoxy) is 1. The average molecular weight is 243 g/mol. The minimum atomic E-state index is 0.314. The first-order valence-electron chi connectivity index (χ1n) is 6.12. The van der Waals surface area contributed by atoms with Crippen molar-refractivity contribution in [3.8, 4) is 17.1 Å². The van der Waals surface area contributed by atoms with Crippen molar-refractivity contribution in [1.29, 1.82) is 0 Å². The highest BCUT2D eigenvalue weighted by Crippen LogP contribution is 2.41. The Morgan fingerprint density at radius 1 is 1.44 bits per heavy atom. The first-order valence-corrected chi connectivity index (χ1v) is 6.12. The van der Waals surface area contributed by atoms with Crippen molar-refractivity contribution < 1.29 is 4.74 Å². The molecule has 0 aliphatic heterocycles. The maximum absolute atomic E-state index is 5.89. The van der Waals surface area contributed by atoms with Gasteiger partial charge in [-0.2, -0.15) is 0 Å². The van der Waals surface area contributed by atoms with E-state index in [1.807, 2.05) is 17.8 Å². The van der Waals surface area contributed by atoms with E-state index in [-0.39, 0.29) is 0 Å². The molecule has 1 aliphatic rings. The van der Waals surface area contributed by atoms with Crippen molar-refractivity contribution in [3.63, 3.8) is 0 Å². The van der Waals surface area contributed by atoms with Gasteiger partial charge in [0.05, 0.1) is 12.7 Å². The highest BCUT2D eigenvalue weighted by Gasteiger charge is 2.35. The Labute approximate surface area is 106 Å². The van der Waals surface area contributed by atoms with Crippen LogP contribution >= 0.6 is 0 Å². The predicted molar refractivity (Wildman–Crippen MR) is 70.5 cm³/mol. The van der Waals surface area contributed by atoms with Gasteiger partial charge in [-0.05, 0) is 24.1 Å². The summed E-state index contributed by atoms with van der Waals surface area (Å²) >= 11 is 0. The Morgan fingerprint density at radius 2 is 2.22 bits per heavy atom. The molecule has 1 heterocycles. The van der Waals surface area contributed by atoms with E-state index in [1.165, 1.54) is 5.56 Å². The number of nitrogens with two attached hydrogens (primary N) is 1. The van der Waals surface area contributed by atoms with Crippen LogP contribution in [0.25, 0.3) is 11.4 Å². The molecule has 0 saturated heterocycles. The van der Waals surface area contributed by atoms with Crippen LogP contribution < -0.4 is 10.5 Å². The van der Waals surface area contributed by atoms with Gasteiger partial charge in [0.2, 0.25) is 0 Å². The van der Waals surface area contributed by atoms with Gasteiger partial charge in [-0.1, -0.05) is 6.07 Å². The molecule has 1 aliphatic carbocycles. The fourth-order valence-corrected chi connectivity index (χ4v) is 2.35. The van der Waals surface area contributed by atoms with Gasteiger partial charge in [0, 0.05) is 31.4 Å². The average Bonchev–Trinajstić information content (AvgIpc) is 2.96. The second-order valence-electron chi connectivity index (χ2n) is 4.83. The van der Waals surface area contributed by atoms with Crippen LogP contribution in [0.5, 0.6) is 5.75 Å². The van der Waals surface area contributed by atoms with E-state index in [1.54, 1.807) is 13.3 Å². The van der Waals surface area contributed by atoms with Gasteiger partial charge in [0.25, 0.3) is 0 Å². The zero-order chi connectivity index (χ0) is 12.7. The lowest BCUT2D eigenvalue weighted by Gasteiger charge is -2.10. The van der Waals surface area contributed by atoms with Crippen LogP contribution in [-0.2, 0) is 7.05 Å². The summed E-state index contributed by atoms with van der Waals surface area (Å²) in [5, 5.41) is 0. The molecule has 1 aromatic heterocycles. The number of benzene rings is 1. The summed E-state index contributed by atoms with van der Waals surface area (Å²) in [6.45, 7) is 0. The lowest BCUT2D eigenvalue weighted by Crippen LogP contribution is -2.01. The summed E-state index contributed by atoms with van der Waals surface area (Å²) in [7, 11) is 3.67. The summed E-state index contributed by atoms with van der Waals surface area (Å²) in [6.07, 6.45) is 4.80. The molecule has 2 atom stereocenters. The zero-order valence-electron chi connectivity index (χ0n) is 10.6. The van der Waals surface area contributed by atoms with Crippen LogP contribution in [0.15, 0.2) is 30.6 Å². The monoisotopic (exact) mass is 243 g/mol. The first kappa shape index (κ1) is 11.3. The lowest BCUT2D eigenvalue weighted by atomic mass is 10.1. The second-order valence-corrected chi connectivity index (χ2v) is 4.83. The fourth-order valence-electron chi connectivity index (χ4n) is 2.35. The summed E-state index contributed by atoms with van der Waals surface area (Å²) in [5.41, 5.74) is 8.17. The number of aryl methyl sites for hydroxylation is 1.